The topological polar surface area (TPSA) is 172 Å². The average molecular weight is 553 g/mol. The highest BCUT2D eigenvalue weighted by Gasteiger charge is 2.33. The van der Waals surface area contributed by atoms with Crippen molar-refractivity contribution in [3.05, 3.63) is 69.0 Å². The molecule has 38 heavy (non-hydrogen) atoms. The number of H-pyrrole nitrogens is 1. The molecule has 1 saturated heterocycles. The smallest absolute Gasteiger partial charge is 0.337 e. The SMILES string of the molecule is CCOP(=O)(OCC)C(C)c1ccccc1.NC(=O)CCCNC(=O)[C@@H]1CC[C@H](n2ccc(=O)[nH]c2=O)O1. The second-order valence-corrected chi connectivity index (χ2v) is 10.9. The monoisotopic (exact) mass is 552 g/mol. The molecule has 0 saturated carbocycles. The number of nitrogens with one attached hydrogen (secondary N) is 2. The molecule has 1 aliphatic rings. The predicted octanol–water partition coefficient (Wildman–Crippen LogP) is 2.61. The Labute approximate surface area is 221 Å². The molecule has 2 aromatic rings. The highest BCUT2D eigenvalue weighted by Crippen LogP contribution is 2.60. The molecule has 2 amide bonds. The van der Waals surface area contributed by atoms with Crippen molar-refractivity contribution in [1.29, 1.82) is 0 Å². The van der Waals surface area contributed by atoms with Crippen LogP contribution in [0.1, 0.15) is 63.9 Å². The van der Waals surface area contributed by atoms with Gasteiger partial charge in [-0.3, -0.25) is 28.5 Å². The van der Waals surface area contributed by atoms with Crippen LogP contribution in [0.2, 0.25) is 0 Å². The first-order valence-electron chi connectivity index (χ1n) is 12.6. The maximum atomic E-state index is 12.5. The van der Waals surface area contributed by atoms with Gasteiger partial charge in [0.25, 0.3) is 5.56 Å². The Bertz CT molecular complexity index is 1190. The van der Waals surface area contributed by atoms with Gasteiger partial charge in [0.2, 0.25) is 11.8 Å². The van der Waals surface area contributed by atoms with Crippen LogP contribution in [0, 0.1) is 0 Å². The Kier molecular flexibility index (Phi) is 12.6. The molecular formula is C25H37N4O8P. The van der Waals surface area contributed by atoms with Crippen molar-refractivity contribution >= 4 is 19.4 Å². The lowest BCUT2D eigenvalue weighted by molar-refractivity contribution is -0.134. The van der Waals surface area contributed by atoms with Crippen LogP contribution in [0.25, 0.3) is 0 Å². The van der Waals surface area contributed by atoms with Crippen LogP contribution < -0.4 is 22.3 Å². The van der Waals surface area contributed by atoms with Gasteiger partial charge in [0.1, 0.15) is 12.3 Å². The highest BCUT2D eigenvalue weighted by atomic mass is 31.2. The molecule has 0 spiro atoms. The number of rotatable bonds is 12. The molecule has 0 bridgehead atoms. The number of carbonyl (C=O) groups excluding carboxylic acids is 2. The molecule has 2 heterocycles. The summed E-state index contributed by atoms with van der Waals surface area (Å²) in [6.45, 7) is 6.65. The summed E-state index contributed by atoms with van der Waals surface area (Å²) in [5.41, 5.74) is 4.70. The first-order valence-corrected chi connectivity index (χ1v) is 14.2. The summed E-state index contributed by atoms with van der Waals surface area (Å²) < 4.78 is 29.9. The van der Waals surface area contributed by atoms with Crippen molar-refractivity contribution in [3.63, 3.8) is 0 Å². The van der Waals surface area contributed by atoms with E-state index in [1.165, 1.54) is 16.8 Å². The van der Waals surface area contributed by atoms with Gasteiger partial charge in [-0.05, 0) is 45.6 Å². The molecule has 210 valence electrons. The number of nitrogens with zero attached hydrogens (tertiary/aromatic N) is 1. The van der Waals surface area contributed by atoms with E-state index >= 15 is 0 Å². The number of nitrogens with two attached hydrogens (primary N) is 1. The third kappa shape index (κ3) is 9.36. The molecule has 3 rings (SSSR count). The van der Waals surface area contributed by atoms with Crippen molar-refractivity contribution < 1.29 is 27.9 Å². The van der Waals surface area contributed by atoms with Gasteiger partial charge in [0.05, 0.1) is 18.9 Å². The third-order valence-corrected chi connectivity index (χ3v) is 8.21. The molecule has 1 aromatic carbocycles. The van der Waals surface area contributed by atoms with Gasteiger partial charge >= 0.3 is 13.3 Å². The molecule has 13 heteroatoms. The average Bonchev–Trinajstić information content (AvgIpc) is 3.37. The van der Waals surface area contributed by atoms with Crippen LogP contribution in [0.15, 0.2) is 52.2 Å². The van der Waals surface area contributed by atoms with Crippen LogP contribution in [-0.2, 0) is 27.9 Å². The van der Waals surface area contributed by atoms with E-state index in [-0.39, 0.29) is 18.0 Å². The van der Waals surface area contributed by atoms with Gasteiger partial charge in [-0.2, -0.15) is 0 Å². The van der Waals surface area contributed by atoms with Gasteiger partial charge in [0, 0.05) is 25.2 Å². The number of ether oxygens (including phenoxy) is 1. The normalized spacial score (nSPS) is 17.8. The fourth-order valence-electron chi connectivity index (χ4n) is 3.79. The standard InChI is InChI=1S/C13H18N4O5.C12H19O3P/c14-9(18)2-1-6-15-12(20)8-3-4-11(22-8)17-7-5-10(19)16-13(17)21;1-4-14-16(13,15-5-2)11(3)12-9-7-6-8-10-12/h5,7-8,11H,1-4,6H2,(H2,14,18)(H,15,20)(H,16,19,21);6-11H,4-5H2,1-3H3/t8-,11+;/m0./s1. The molecule has 3 atom stereocenters. The number of amides is 2. The van der Waals surface area contributed by atoms with Crippen LogP contribution in [0.3, 0.4) is 0 Å². The zero-order chi connectivity index (χ0) is 28.1. The molecule has 0 aliphatic carbocycles. The van der Waals surface area contributed by atoms with Crippen molar-refractivity contribution in [2.75, 3.05) is 19.8 Å². The van der Waals surface area contributed by atoms with Crippen molar-refractivity contribution in [2.24, 2.45) is 5.73 Å². The quantitative estimate of drug-likeness (QED) is 0.266. The molecule has 0 radical (unpaired) electrons. The number of aromatic nitrogens is 2. The first-order chi connectivity index (χ1) is 18.1. The first kappa shape index (κ1) is 31.2. The largest absolute Gasteiger partial charge is 0.370 e. The number of benzene rings is 1. The lowest BCUT2D eigenvalue weighted by Crippen LogP contribution is -2.36. The molecule has 1 fully saturated rings. The Morgan fingerprint density at radius 2 is 1.82 bits per heavy atom. The van der Waals surface area contributed by atoms with Crippen LogP contribution >= 0.6 is 7.60 Å². The van der Waals surface area contributed by atoms with Crippen LogP contribution in [-0.4, -0.2) is 47.2 Å². The van der Waals surface area contributed by atoms with E-state index in [0.717, 1.165) is 5.56 Å². The number of primary amides is 1. The molecule has 1 aromatic heterocycles. The lowest BCUT2D eigenvalue weighted by atomic mass is 10.2. The lowest BCUT2D eigenvalue weighted by Gasteiger charge is -2.23. The van der Waals surface area contributed by atoms with Gasteiger partial charge < -0.3 is 24.8 Å². The summed E-state index contributed by atoms with van der Waals surface area (Å²) >= 11 is 0. The second kappa shape index (κ2) is 15.4. The van der Waals surface area contributed by atoms with Gasteiger partial charge in [-0.1, -0.05) is 30.3 Å². The summed E-state index contributed by atoms with van der Waals surface area (Å²) in [4.78, 5) is 47.3. The fourth-order valence-corrected chi connectivity index (χ4v) is 5.57. The Morgan fingerprint density at radius 1 is 1.16 bits per heavy atom. The van der Waals surface area contributed by atoms with Gasteiger partial charge in [0.15, 0.2) is 0 Å². The minimum Gasteiger partial charge on any atom is -0.370 e. The second-order valence-electron chi connectivity index (χ2n) is 8.50. The van der Waals surface area contributed by atoms with Crippen LogP contribution in [0.4, 0.5) is 0 Å². The van der Waals surface area contributed by atoms with Crippen molar-refractivity contribution in [1.82, 2.24) is 14.9 Å². The summed E-state index contributed by atoms with van der Waals surface area (Å²) in [5.74, 6) is -0.701. The van der Waals surface area contributed by atoms with E-state index in [2.05, 4.69) is 10.3 Å². The molecule has 1 unspecified atom stereocenters. The number of aromatic amines is 1. The van der Waals surface area contributed by atoms with E-state index in [4.69, 9.17) is 19.5 Å². The third-order valence-electron chi connectivity index (χ3n) is 5.72. The summed E-state index contributed by atoms with van der Waals surface area (Å²) in [6, 6.07) is 10.9. The minimum absolute atomic E-state index is 0.210. The Balaban J connectivity index is 0.000000281. The summed E-state index contributed by atoms with van der Waals surface area (Å²) in [6.07, 6.45) is 1.75. The maximum Gasteiger partial charge on any atom is 0.337 e. The zero-order valence-corrected chi connectivity index (χ0v) is 22.9. The molecule has 12 nitrogen and oxygen atoms in total. The molecule has 1 aliphatic heterocycles. The zero-order valence-electron chi connectivity index (χ0n) is 22.0. The maximum absolute atomic E-state index is 12.5. The molecular weight excluding hydrogens is 515 g/mol. The fraction of sp³-hybridized carbons (Fsp3) is 0.520. The highest BCUT2D eigenvalue weighted by molar-refractivity contribution is 7.54. The van der Waals surface area contributed by atoms with Gasteiger partial charge in [-0.25, -0.2) is 4.79 Å². The van der Waals surface area contributed by atoms with Crippen LogP contribution in [0.5, 0.6) is 0 Å². The van der Waals surface area contributed by atoms with E-state index in [1.807, 2.05) is 51.1 Å². The van der Waals surface area contributed by atoms with Crippen molar-refractivity contribution in [3.8, 4) is 0 Å². The Hall–Kier alpha value is -3.05. The minimum atomic E-state index is -3.03. The van der Waals surface area contributed by atoms with E-state index < -0.39 is 37.1 Å². The van der Waals surface area contributed by atoms with E-state index in [9.17, 15) is 23.7 Å². The number of carbonyl (C=O) groups is 2. The summed E-state index contributed by atoms with van der Waals surface area (Å²) in [7, 11) is -3.03. The predicted molar refractivity (Wildman–Crippen MR) is 142 cm³/mol. The summed E-state index contributed by atoms with van der Waals surface area (Å²) in [5, 5.41) is 2.66. The molecule has 4 N–H and O–H groups in total. The van der Waals surface area contributed by atoms with Crippen molar-refractivity contribution in [2.45, 2.75) is 64.4 Å². The van der Waals surface area contributed by atoms with E-state index in [0.29, 0.717) is 39.0 Å². The number of hydrogen-bond acceptors (Lipinski definition) is 8. The van der Waals surface area contributed by atoms with Gasteiger partial charge in [-0.15, -0.1) is 0 Å². The Morgan fingerprint density at radius 3 is 2.39 bits per heavy atom. The van der Waals surface area contributed by atoms with E-state index in [1.54, 1.807) is 0 Å². The number of hydrogen-bond donors (Lipinski definition) is 3.